The summed E-state index contributed by atoms with van der Waals surface area (Å²) in [5.74, 6) is 2.59. The topological polar surface area (TPSA) is 111 Å². The Morgan fingerprint density at radius 1 is 0.969 bits per heavy atom. The molecule has 2 aliphatic rings. The molecule has 9 heteroatoms. The van der Waals surface area contributed by atoms with Gasteiger partial charge in [0.15, 0.2) is 0 Å². The van der Waals surface area contributed by atoms with Crippen LogP contribution in [0.15, 0.2) is 58.1 Å². The zero-order valence-corrected chi connectivity index (χ0v) is 17.4. The Hall–Kier alpha value is -3.75. The van der Waals surface area contributed by atoms with Crippen LogP contribution in [0.5, 0.6) is 0 Å². The minimum absolute atomic E-state index is 0.151. The van der Waals surface area contributed by atoms with Crippen LogP contribution in [0.3, 0.4) is 0 Å². The molecule has 0 spiro atoms. The number of anilines is 2. The normalized spacial score (nSPS) is 20.5. The molecular formula is C23H23N7O2. The Kier molecular flexibility index (Phi) is 4.59. The molecule has 3 heterocycles. The molecule has 0 aliphatic heterocycles. The predicted molar refractivity (Wildman–Crippen MR) is 120 cm³/mol. The van der Waals surface area contributed by atoms with Crippen LogP contribution in [-0.4, -0.2) is 37.0 Å². The predicted octanol–water partition coefficient (Wildman–Crippen LogP) is 3.49. The first-order valence-electron chi connectivity index (χ1n) is 11.0. The van der Waals surface area contributed by atoms with E-state index in [4.69, 9.17) is 4.52 Å². The fourth-order valence-electron chi connectivity index (χ4n) is 4.30. The van der Waals surface area contributed by atoms with Gasteiger partial charge in [0.25, 0.3) is 11.5 Å². The van der Waals surface area contributed by atoms with Crippen molar-refractivity contribution >= 4 is 22.5 Å². The monoisotopic (exact) mass is 429 g/mol. The minimum Gasteiger partial charge on any atom is -0.367 e. The average molecular weight is 429 g/mol. The van der Waals surface area contributed by atoms with Crippen LogP contribution in [0.1, 0.15) is 43.9 Å². The summed E-state index contributed by atoms with van der Waals surface area (Å²) in [5, 5.41) is 16.7. The van der Waals surface area contributed by atoms with Gasteiger partial charge in [-0.25, -0.2) is 4.98 Å². The molecule has 2 aliphatic carbocycles. The van der Waals surface area contributed by atoms with E-state index in [1.807, 2.05) is 36.4 Å². The van der Waals surface area contributed by atoms with Crippen LogP contribution >= 0.6 is 0 Å². The summed E-state index contributed by atoms with van der Waals surface area (Å²) in [6.07, 6.45) is 8.67. The Morgan fingerprint density at radius 3 is 2.62 bits per heavy atom. The molecule has 0 radical (unpaired) electrons. The molecule has 0 unspecified atom stereocenters. The lowest BCUT2D eigenvalue weighted by Gasteiger charge is -2.14. The van der Waals surface area contributed by atoms with E-state index in [-0.39, 0.29) is 5.56 Å². The first kappa shape index (κ1) is 19.0. The fraction of sp³-hybridized carbons (Fsp3) is 0.348. The van der Waals surface area contributed by atoms with Crippen LogP contribution in [0, 0.1) is 0 Å². The van der Waals surface area contributed by atoms with Gasteiger partial charge in [-0.15, -0.1) is 0 Å². The van der Waals surface area contributed by atoms with Gasteiger partial charge in [-0.05, 0) is 55.5 Å². The maximum absolute atomic E-state index is 12.8. The number of rotatable bonds is 6. The molecule has 3 aromatic heterocycles. The molecule has 32 heavy (non-hydrogen) atoms. The number of aromatic nitrogens is 5. The highest BCUT2D eigenvalue weighted by atomic mass is 16.5. The molecule has 162 valence electrons. The Bertz CT molecular complexity index is 1310. The van der Waals surface area contributed by atoms with Crippen LogP contribution < -0.4 is 16.2 Å². The van der Waals surface area contributed by atoms with Crippen LogP contribution in [0.25, 0.3) is 16.5 Å². The van der Waals surface area contributed by atoms with Crippen LogP contribution in [0.2, 0.25) is 0 Å². The lowest BCUT2D eigenvalue weighted by Crippen LogP contribution is -2.22. The third-order valence-electron chi connectivity index (χ3n) is 6.17. The SMILES string of the molecule is O=c1c2ccccc2cnn1-c1ccc(N[C@H]2CC[C@H](Nc3noc(C4CC4)n3)C2)nc1. The summed E-state index contributed by atoms with van der Waals surface area (Å²) < 4.78 is 6.71. The minimum atomic E-state index is -0.151. The van der Waals surface area contributed by atoms with Gasteiger partial charge in [0, 0.05) is 23.4 Å². The summed E-state index contributed by atoms with van der Waals surface area (Å²) in [7, 11) is 0. The lowest BCUT2D eigenvalue weighted by molar-refractivity contribution is 0.379. The number of benzene rings is 1. The Morgan fingerprint density at radius 2 is 1.81 bits per heavy atom. The molecule has 0 bridgehead atoms. The van der Waals surface area contributed by atoms with Crippen molar-refractivity contribution in [3.8, 4) is 5.69 Å². The van der Waals surface area contributed by atoms with E-state index in [1.165, 1.54) is 4.68 Å². The Balaban J connectivity index is 1.10. The molecule has 1 aromatic carbocycles. The molecule has 2 N–H and O–H groups in total. The van der Waals surface area contributed by atoms with Crippen molar-refractivity contribution in [2.24, 2.45) is 0 Å². The van der Waals surface area contributed by atoms with E-state index in [0.29, 0.717) is 35.0 Å². The lowest BCUT2D eigenvalue weighted by atomic mass is 10.2. The van der Waals surface area contributed by atoms with Gasteiger partial charge < -0.3 is 15.2 Å². The first-order valence-corrected chi connectivity index (χ1v) is 11.0. The smallest absolute Gasteiger partial charge is 0.279 e. The summed E-state index contributed by atoms with van der Waals surface area (Å²) in [6, 6.07) is 11.8. The number of pyridine rings is 1. The van der Waals surface area contributed by atoms with Gasteiger partial charge in [-0.3, -0.25) is 4.79 Å². The van der Waals surface area contributed by atoms with Gasteiger partial charge in [0.1, 0.15) is 5.82 Å². The fourth-order valence-corrected chi connectivity index (χ4v) is 4.30. The third-order valence-corrected chi connectivity index (χ3v) is 6.17. The summed E-state index contributed by atoms with van der Waals surface area (Å²) >= 11 is 0. The van der Waals surface area contributed by atoms with Crippen molar-refractivity contribution in [2.75, 3.05) is 10.6 Å². The standard InChI is InChI=1S/C23H23N7O2/c31-22-19-4-2-1-3-15(19)12-25-30(22)18-9-10-20(24-13-18)26-16-7-8-17(11-16)27-23-28-21(32-29-23)14-5-6-14/h1-4,9-10,12-14,16-17H,5-8,11H2,(H,24,26)(H,27,29)/t16-,17-/m0/s1. The van der Waals surface area contributed by atoms with Crippen LogP contribution in [-0.2, 0) is 0 Å². The number of fused-ring (bicyclic) bond motifs is 1. The molecule has 0 amide bonds. The molecule has 2 atom stereocenters. The number of nitrogens with zero attached hydrogens (tertiary/aromatic N) is 5. The van der Waals surface area contributed by atoms with E-state index in [2.05, 4.69) is 30.9 Å². The number of hydrogen-bond donors (Lipinski definition) is 2. The Labute approximate surface area is 183 Å². The number of hydrogen-bond acceptors (Lipinski definition) is 8. The summed E-state index contributed by atoms with van der Waals surface area (Å²) in [5.41, 5.74) is 0.488. The number of nitrogens with one attached hydrogen (secondary N) is 2. The first-order chi connectivity index (χ1) is 15.7. The van der Waals surface area contributed by atoms with Gasteiger partial charge in [-0.1, -0.05) is 18.2 Å². The van der Waals surface area contributed by atoms with E-state index >= 15 is 0 Å². The molecule has 2 fully saturated rings. The molecule has 6 rings (SSSR count). The summed E-state index contributed by atoms with van der Waals surface area (Å²) in [4.78, 5) is 21.7. The van der Waals surface area contributed by atoms with Crippen molar-refractivity contribution in [3.63, 3.8) is 0 Å². The quantitative estimate of drug-likeness (QED) is 0.479. The average Bonchev–Trinajstić information content (AvgIpc) is 3.42. The van der Waals surface area contributed by atoms with E-state index in [1.54, 1.807) is 12.4 Å². The second-order valence-electron chi connectivity index (χ2n) is 8.58. The van der Waals surface area contributed by atoms with Crippen molar-refractivity contribution in [3.05, 3.63) is 65.0 Å². The molecule has 4 aromatic rings. The molecular weight excluding hydrogens is 406 g/mol. The van der Waals surface area contributed by atoms with E-state index < -0.39 is 0 Å². The van der Waals surface area contributed by atoms with Gasteiger partial charge in [0.05, 0.1) is 23.5 Å². The highest BCUT2D eigenvalue weighted by Gasteiger charge is 2.31. The van der Waals surface area contributed by atoms with E-state index in [9.17, 15) is 4.79 Å². The van der Waals surface area contributed by atoms with Crippen LogP contribution in [0.4, 0.5) is 11.8 Å². The maximum Gasteiger partial charge on any atom is 0.279 e. The molecule has 0 saturated heterocycles. The zero-order valence-electron chi connectivity index (χ0n) is 17.4. The maximum atomic E-state index is 12.8. The van der Waals surface area contributed by atoms with Gasteiger partial charge in [-0.2, -0.15) is 14.8 Å². The zero-order chi connectivity index (χ0) is 21.5. The molecule has 9 nitrogen and oxygen atoms in total. The van der Waals surface area contributed by atoms with Crippen molar-refractivity contribution in [1.29, 1.82) is 0 Å². The second-order valence-corrected chi connectivity index (χ2v) is 8.58. The van der Waals surface area contributed by atoms with Crippen molar-refractivity contribution < 1.29 is 4.52 Å². The summed E-state index contributed by atoms with van der Waals surface area (Å²) in [6.45, 7) is 0. The van der Waals surface area contributed by atoms with Gasteiger partial charge in [0.2, 0.25) is 5.89 Å². The third kappa shape index (κ3) is 3.70. The largest absolute Gasteiger partial charge is 0.367 e. The second kappa shape index (κ2) is 7.74. The highest BCUT2D eigenvalue weighted by molar-refractivity contribution is 5.80. The molecule has 2 saturated carbocycles. The van der Waals surface area contributed by atoms with Crippen molar-refractivity contribution in [1.82, 2.24) is 24.9 Å². The van der Waals surface area contributed by atoms with Gasteiger partial charge >= 0.3 is 0 Å². The van der Waals surface area contributed by atoms with E-state index in [0.717, 1.165) is 49.2 Å². The van der Waals surface area contributed by atoms with Crippen molar-refractivity contribution in [2.45, 2.75) is 50.1 Å². The highest BCUT2D eigenvalue weighted by Crippen LogP contribution is 2.39.